The zero-order chi connectivity index (χ0) is 13.1. The van der Waals surface area contributed by atoms with E-state index in [9.17, 15) is 0 Å². The standard InChI is InChI=1S/C13H19Cl2NOS/c1-3-5-16-12(9-4-6-17-8(9)2)10-7-11(14)18-13(10)15/h7-9,12,16H,3-6H2,1-2H3. The topological polar surface area (TPSA) is 21.3 Å². The van der Waals surface area contributed by atoms with E-state index in [1.165, 1.54) is 11.3 Å². The molecule has 1 aliphatic rings. The zero-order valence-electron chi connectivity index (χ0n) is 10.7. The second-order valence-corrected chi connectivity index (χ2v) is 7.03. The lowest BCUT2D eigenvalue weighted by Gasteiger charge is -2.26. The molecule has 1 fully saturated rings. The van der Waals surface area contributed by atoms with Gasteiger partial charge in [0, 0.05) is 24.1 Å². The maximum atomic E-state index is 6.30. The number of hydrogen-bond acceptors (Lipinski definition) is 3. The van der Waals surface area contributed by atoms with Gasteiger partial charge in [0.1, 0.15) is 0 Å². The third-order valence-electron chi connectivity index (χ3n) is 3.50. The average Bonchev–Trinajstić information content (AvgIpc) is 2.87. The molecule has 0 radical (unpaired) electrons. The maximum absolute atomic E-state index is 6.30. The number of nitrogens with one attached hydrogen (secondary N) is 1. The molecule has 5 heteroatoms. The van der Waals surface area contributed by atoms with Gasteiger partial charge in [0.15, 0.2) is 0 Å². The molecule has 3 unspecified atom stereocenters. The zero-order valence-corrected chi connectivity index (χ0v) is 13.0. The van der Waals surface area contributed by atoms with Crippen molar-refractivity contribution in [2.24, 2.45) is 5.92 Å². The number of thiophene rings is 1. The van der Waals surface area contributed by atoms with Crippen LogP contribution < -0.4 is 5.32 Å². The van der Waals surface area contributed by atoms with E-state index in [-0.39, 0.29) is 12.1 Å². The summed E-state index contributed by atoms with van der Waals surface area (Å²) in [6.45, 7) is 6.13. The minimum absolute atomic E-state index is 0.249. The Morgan fingerprint density at radius 2 is 2.33 bits per heavy atom. The summed E-state index contributed by atoms with van der Waals surface area (Å²) in [6, 6.07) is 2.24. The van der Waals surface area contributed by atoms with Crippen molar-refractivity contribution in [3.63, 3.8) is 0 Å². The number of hydrogen-bond donors (Lipinski definition) is 1. The first-order chi connectivity index (χ1) is 8.63. The molecular formula is C13H19Cl2NOS. The SMILES string of the molecule is CCCNC(c1cc(Cl)sc1Cl)C1CCOC1C. The number of ether oxygens (including phenoxy) is 1. The van der Waals surface area contributed by atoms with Crippen molar-refractivity contribution in [3.05, 3.63) is 20.3 Å². The molecule has 2 rings (SSSR count). The molecule has 1 saturated heterocycles. The lowest BCUT2D eigenvalue weighted by atomic mass is 9.89. The third-order valence-corrected chi connectivity index (χ3v) is 5.01. The summed E-state index contributed by atoms with van der Waals surface area (Å²) in [6.07, 6.45) is 2.45. The van der Waals surface area contributed by atoms with Gasteiger partial charge in [0.2, 0.25) is 0 Å². The van der Waals surface area contributed by atoms with Gasteiger partial charge in [-0.1, -0.05) is 30.1 Å². The second kappa shape index (κ2) is 6.58. The summed E-state index contributed by atoms with van der Waals surface area (Å²) in [5, 5.41) is 3.60. The fourth-order valence-electron chi connectivity index (χ4n) is 2.54. The second-order valence-electron chi connectivity index (χ2n) is 4.74. The Balaban J connectivity index is 2.21. The Hall–Kier alpha value is 0.200. The van der Waals surface area contributed by atoms with Crippen LogP contribution in [0.3, 0.4) is 0 Å². The molecule has 0 aromatic carbocycles. The van der Waals surface area contributed by atoms with Gasteiger partial charge in [-0.15, -0.1) is 11.3 Å². The van der Waals surface area contributed by atoms with Crippen molar-refractivity contribution in [1.29, 1.82) is 0 Å². The van der Waals surface area contributed by atoms with Gasteiger partial charge in [0.25, 0.3) is 0 Å². The first-order valence-corrected chi connectivity index (χ1v) is 8.00. The van der Waals surface area contributed by atoms with Gasteiger partial charge in [-0.2, -0.15) is 0 Å². The van der Waals surface area contributed by atoms with Crippen molar-refractivity contribution in [2.45, 2.75) is 38.8 Å². The molecule has 3 atom stereocenters. The summed E-state index contributed by atoms with van der Waals surface area (Å²) < 4.78 is 7.24. The molecule has 1 aromatic heterocycles. The summed E-state index contributed by atoms with van der Waals surface area (Å²) in [7, 11) is 0. The van der Waals surface area contributed by atoms with Crippen LogP contribution in [0.25, 0.3) is 0 Å². The van der Waals surface area contributed by atoms with E-state index >= 15 is 0 Å². The van der Waals surface area contributed by atoms with Crippen molar-refractivity contribution >= 4 is 34.5 Å². The largest absolute Gasteiger partial charge is 0.378 e. The van der Waals surface area contributed by atoms with Crippen LogP contribution in [-0.4, -0.2) is 19.3 Å². The monoisotopic (exact) mass is 307 g/mol. The van der Waals surface area contributed by atoms with Crippen molar-refractivity contribution in [1.82, 2.24) is 5.32 Å². The van der Waals surface area contributed by atoms with Crippen LogP contribution in [0.1, 0.15) is 38.3 Å². The molecule has 0 bridgehead atoms. The summed E-state index contributed by atoms with van der Waals surface area (Å²) in [5.74, 6) is 0.472. The molecule has 0 amide bonds. The van der Waals surface area contributed by atoms with Crippen LogP contribution >= 0.6 is 34.5 Å². The van der Waals surface area contributed by atoms with Gasteiger partial charge >= 0.3 is 0 Å². The maximum Gasteiger partial charge on any atom is 0.0992 e. The molecular weight excluding hydrogens is 289 g/mol. The van der Waals surface area contributed by atoms with Crippen LogP contribution in [0.5, 0.6) is 0 Å². The average molecular weight is 308 g/mol. The highest BCUT2D eigenvalue weighted by atomic mass is 35.5. The Kier molecular flexibility index (Phi) is 5.34. The van der Waals surface area contributed by atoms with Gasteiger partial charge in [-0.25, -0.2) is 0 Å². The van der Waals surface area contributed by atoms with Crippen LogP contribution in [-0.2, 0) is 4.74 Å². The van der Waals surface area contributed by atoms with E-state index in [1.54, 1.807) is 0 Å². The van der Waals surface area contributed by atoms with Crippen molar-refractivity contribution < 1.29 is 4.74 Å². The normalized spacial score (nSPS) is 25.6. The molecule has 0 spiro atoms. The Bertz CT molecular complexity index is 396. The van der Waals surface area contributed by atoms with Gasteiger partial charge in [-0.05, 0) is 32.4 Å². The van der Waals surface area contributed by atoms with Crippen LogP contribution in [0.15, 0.2) is 6.07 Å². The lowest BCUT2D eigenvalue weighted by Crippen LogP contribution is -2.32. The molecule has 18 heavy (non-hydrogen) atoms. The molecule has 102 valence electrons. The number of rotatable bonds is 5. The fourth-order valence-corrected chi connectivity index (χ4v) is 4.09. The highest BCUT2D eigenvalue weighted by molar-refractivity contribution is 7.20. The summed E-state index contributed by atoms with van der Waals surface area (Å²) >= 11 is 13.8. The van der Waals surface area contributed by atoms with E-state index in [0.717, 1.165) is 40.2 Å². The molecule has 0 aliphatic carbocycles. The summed E-state index contributed by atoms with van der Waals surface area (Å²) in [4.78, 5) is 0. The highest BCUT2D eigenvalue weighted by Crippen LogP contribution is 2.41. The van der Waals surface area contributed by atoms with E-state index < -0.39 is 0 Å². The molecule has 1 aliphatic heterocycles. The minimum Gasteiger partial charge on any atom is -0.378 e. The van der Waals surface area contributed by atoms with E-state index in [4.69, 9.17) is 27.9 Å². The van der Waals surface area contributed by atoms with E-state index in [1.807, 2.05) is 6.07 Å². The van der Waals surface area contributed by atoms with Crippen LogP contribution in [0.4, 0.5) is 0 Å². The quantitative estimate of drug-likeness (QED) is 0.863. The first-order valence-electron chi connectivity index (χ1n) is 6.43. The van der Waals surface area contributed by atoms with Crippen LogP contribution in [0.2, 0.25) is 8.67 Å². The Morgan fingerprint density at radius 1 is 1.56 bits per heavy atom. The minimum atomic E-state index is 0.249. The lowest BCUT2D eigenvalue weighted by molar-refractivity contribution is 0.0954. The molecule has 2 heterocycles. The third kappa shape index (κ3) is 3.20. The predicted octanol–water partition coefficient (Wildman–Crippen LogP) is 4.52. The predicted molar refractivity (Wildman–Crippen MR) is 78.9 cm³/mol. The van der Waals surface area contributed by atoms with Crippen molar-refractivity contribution in [3.8, 4) is 0 Å². The summed E-state index contributed by atoms with van der Waals surface area (Å²) in [5.41, 5.74) is 1.13. The van der Waals surface area contributed by atoms with Gasteiger partial charge in [0.05, 0.1) is 14.8 Å². The number of halogens is 2. The van der Waals surface area contributed by atoms with Gasteiger partial charge < -0.3 is 10.1 Å². The van der Waals surface area contributed by atoms with E-state index in [0.29, 0.717) is 5.92 Å². The molecule has 0 saturated carbocycles. The van der Waals surface area contributed by atoms with Crippen LogP contribution in [0, 0.1) is 5.92 Å². The smallest absolute Gasteiger partial charge is 0.0992 e. The molecule has 2 nitrogen and oxygen atoms in total. The fraction of sp³-hybridized carbons (Fsp3) is 0.692. The van der Waals surface area contributed by atoms with Gasteiger partial charge in [-0.3, -0.25) is 0 Å². The Labute approximate surface area is 123 Å². The van der Waals surface area contributed by atoms with Crippen molar-refractivity contribution in [2.75, 3.05) is 13.2 Å². The Morgan fingerprint density at radius 3 is 2.83 bits per heavy atom. The first kappa shape index (κ1) is 14.6. The molecule has 1 N–H and O–H groups in total. The van der Waals surface area contributed by atoms with E-state index in [2.05, 4.69) is 19.2 Å². The highest BCUT2D eigenvalue weighted by Gasteiger charge is 2.34. The molecule has 1 aromatic rings.